The average molecular weight is 651 g/mol. The third-order valence-corrected chi connectivity index (χ3v) is 11.2. The van der Waals surface area contributed by atoms with Gasteiger partial charge in [-0.25, -0.2) is 18.4 Å². The highest BCUT2D eigenvalue weighted by Crippen LogP contribution is 2.53. The van der Waals surface area contributed by atoms with E-state index in [1.807, 2.05) is 115 Å². The molecule has 0 spiro atoms. The van der Waals surface area contributed by atoms with Crippen LogP contribution in [0.5, 0.6) is 0 Å². The smallest absolute Gasteiger partial charge is 0.271 e. The molecule has 0 aliphatic carbocycles. The molecule has 0 N–H and O–H groups in total. The summed E-state index contributed by atoms with van der Waals surface area (Å²) in [6.45, 7) is 0. The molecule has 0 fully saturated rings. The number of anilines is 2. The number of aromatic nitrogens is 3. The highest BCUT2D eigenvalue weighted by Gasteiger charge is 2.41. The normalized spacial score (nSPS) is 13.6. The Kier molecular flexibility index (Phi) is 5.86. The lowest BCUT2D eigenvalue weighted by atomic mass is 9.95. The third kappa shape index (κ3) is 3.97. The van der Waals surface area contributed by atoms with E-state index in [0.717, 1.165) is 54.8 Å². The van der Waals surface area contributed by atoms with Crippen molar-refractivity contribution in [2.45, 2.75) is 4.90 Å². The summed E-state index contributed by atoms with van der Waals surface area (Å²) >= 11 is 0. The topological polar surface area (TPSA) is 68.1 Å². The molecule has 7 aromatic carbocycles. The Morgan fingerprint density at radius 3 is 2.02 bits per heavy atom. The van der Waals surface area contributed by atoms with Gasteiger partial charge in [-0.3, -0.25) is 0 Å². The van der Waals surface area contributed by atoms with Crippen LogP contribution in [0.2, 0.25) is 0 Å². The van der Waals surface area contributed by atoms with E-state index in [2.05, 4.69) is 41.0 Å². The summed E-state index contributed by atoms with van der Waals surface area (Å²) in [5.74, 6) is 0.0926. The van der Waals surface area contributed by atoms with Crippen molar-refractivity contribution in [2.24, 2.45) is 0 Å². The van der Waals surface area contributed by atoms with E-state index in [1.165, 1.54) is 4.31 Å². The Labute approximate surface area is 282 Å². The number of sulfonamides is 1. The number of benzene rings is 7. The van der Waals surface area contributed by atoms with Gasteiger partial charge >= 0.3 is 0 Å². The highest BCUT2D eigenvalue weighted by molar-refractivity contribution is 7.93. The van der Waals surface area contributed by atoms with E-state index in [4.69, 9.17) is 9.97 Å². The fourth-order valence-corrected chi connectivity index (χ4v) is 9.07. The van der Waals surface area contributed by atoms with Gasteiger partial charge < -0.3 is 4.57 Å². The average Bonchev–Trinajstić information content (AvgIpc) is 3.49. The van der Waals surface area contributed by atoms with Crippen molar-refractivity contribution in [3.05, 3.63) is 158 Å². The van der Waals surface area contributed by atoms with Crippen LogP contribution in [0.1, 0.15) is 0 Å². The summed E-state index contributed by atoms with van der Waals surface area (Å²) in [7, 11) is -4.24. The molecule has 0 amide bonds. The summed E-state index contributed by atoms with van der Waals surface area (Å²) in [5.41, 5.74) is 6.87. The van der Waals surface area contributed by atoms with Crippen LogP contribution in [-0.2, 0) is 10.0 Å². The molecule has 0 saturated heterocycles. The largest absolute Gasteiger partial charge is 0.307 e. The second-order valence-corrected chi connectivity index (χ2v) is 14.0. The minimum Gasteiger partial charge on any atom is -0.307 e. The summed E-state index contributed by atoms with van der Waals surface area (Å²) < 4.78 is 34.2. The number of nitrogens with zero attached hydrogens (tertiary/aromatic N) is 4. The monoisotopic (exact) mass is 650 g/mol. The maximum Gasteiger partial charge on any atom is 0.271 e. The predicted octanol–water partition coefficient (Wildman–Crippen LogP) is 10.1. The predicted molar refractivity (Wildman–Crippen MR) is 198 cm³/mol. The van der Waals surface area contributed by atoms with Crippen LogP contribution in [0.15, 0.2) is 163 Å². The van der Waals surface area contributed by atoms with Gasteiger partial charge in [0.05, 0.1) is 32.8 Å². The molecule has 3 heterocycles. The van der Waals surface area contributed by atoms with Crippen molar-refractivity contribution in [3.8, 4) is 28.1 Å². The fraction of sp³-hybridized carbons (Fsp3) is 0. The summed E-state index contributed by atoms with van der Waals surface area (Å²) in [6.07, 6.45) is 0. The first kappa shape index (κ1) is 27.8. The van der Waals surface area contributed by atoms with Gasteiger partial charge in [0.2, 0.25) is 5.95 Å². The minimum atomic E-state index is -4.24. The van der Waals surface area contributed by atoms with Crippen molar-refractivity contribution in [3.63, 3.8) is 0 Å². The number of fused-ring (bicyclic) bond motifs is 10. The molecule has 10 rings (SSSR count). The molecule has 1 aliphatic rings. The van der Waals surface area contributed by atoms with E-state index < -0.39 is 10.0 Å². The van der Waals surface area contributed by atoms with Gasteiger partial charge in [-0.2, -0.15) is 4.31 Å². The molecule has 0 bridgehead atoms. The van der Waals surface area contributed by atoms with E-state index in [1.54, 1.807) is 6.07 Å². The van der Waals surface area contributed by atoms with Crippen molar-refractivity contribution in [1.82, 2.24) is 14.5 Å². The number of hydrogen-bond donors (Lipinski definition) is 0. The molecule has 0 radical (unpaired) electrons. The number of para-hydroxylation sites is 3. The Morgan fingerprint density at radius 2 is 1.20 bits per heavy atom. The van der Waals surface area contributed by atoms with E-state index in [-0.39, 0.29) is 10.8 Å². The Hall–Kier alpha value is -6.31. The molecular weight excluding hydrogens is 625 g/mol. The van der Waals surface area contributed by atoms with Crippen molar-refractivity contribution in [1.29, 1.82) is 0 Å². The molecule has 0 unspecified atom stereocenters. The van der Waals surface area contributed by atoms with Gasteiger partial charge in [-0.1, -0.05) is 127 Å². The van der Waals surface area contributed by atoms with Gasteiger partial charge in [-0.15, -0.1) is 0 Å². The molecule has 0 atom stereocenters. The first-order chi connectivity index (χ1) is 24.1. The van der Waals surface area contributed by atoms with Crippen molar-refractivity contribution < 1.29 is 8.42 Å². The first-order valence-corrected chi connectivity index (χ1v) is 17.5. The van der Waals surface area contributed by atoms with Gasteiger partial charge in [0.25, 0.3) is 10.0 Å². The SMILES string of the molecule is O=S1(=O)c2ccc3ccccc3c2-c2ccc3c4ccccc4n(-c4ccccc4)c3c2N1c1nc(-c2ccccc2)c2ccccc2n1. The molecule has 1 aliphatic heterocycles. The lowest BCUT2D eigenvalue weighted by Gasteiger charge is -2.32. The van der Waals surface area contributed by atoms with E-state index in [9.17, 15) is 0 Å². The Morgan fingerprint density at radius 1 is 0.531 bits per heavy atom. The summed E-state index contributed by atoms with van der Waals surface area (Å²) in [4.78, 5) is 10.3. The zero-order valence-corrected chi connectivity index (χ0v) is 26.8. The van der Waals surface area contributed by atoms with Crippen molar-refractivity contribution >= 4 is 65.1 Å². The lowest BCUT2D eigenvalue weighted by molar-refractivity contribution is 0.595. The van der Waals surface area contributed by atoms with Gasteiger partial charge in [0, 0.05) is 38.5 Å². The molecule has 232 valence electrons. The van der Waals surface area contributed by atoms with Crippen LogP contribution in [0.25, 0.3) is 71.6 Å². The Bertz CT molecular complexity index is 2900. The maximum absolute atomic E-state index is 15.3. The van der Waals surface area contributed by atoms with Crippen molar-refractivity contribution in [2.75, 3.05) is 4.31 Å². The first-order valence-electron chi connectivity index (χ1n) is 16.1. The van der Waals surface area contributed by atoms with Gasteiger partial charge in [-0.05, 0) is 41.1 Å². The number of rotatable bonds is 3. The van der Waals surface area contributed by atoms with E-state index in [0.29, 0.717) is 22.5 Å². The maximum atomic E-state index is 15.3. The highest BCUT2D eigenvalue weighted by atomic mass is 32.2. The molecule has 2 aromatic heterocycles. The quantitative estimate of drug-likeness (QED) is 0.191. The molecule has 7 heteroatoms. The zero-order chi connectivity index (χ0) is 32.7. The molecule has 9 aromatic rings. The number of hydrogen-bond acceptors (Lipinski definition) is 4. The van der Waals surface area contributed by atoms with E-state index >= 15 is 8.42 Å². The van der Waals surface area contributed by atoms with Gasteiger partial charge in [0.15, 0.2) is 0 Å². The van der Waals surface area contributed by atoms with Crippen LogP contribution in [-0.4, -0.2) is 23.0 Å². The minimum absolute atomic E-state index is 0.0926. The standard InChI is InChI=1S/C42H26N4O2S/c47-49(48)37-26-23-27-13-7-8-18-30(27)38(37)34-25-24-32-31-19-10-12-22-36(31)45(29-16-5-2-6-17-29)40(32)41(34)46(49)42-43-35-21-11-9-20-33(35)39(44-42)28-14-3-1-4-15-28/h1-26H. The van der Waals surface area contributed by atoms with Crippen LogP contribution in [0, 0.1) is 0 Å². The van der Waals surface area contributed by atoms with Crippen LogP contribution in [0.4, 0.5) is 11.6 Å². The molecule has 49 heavy (non-hydrogen) atoms. The third-order valence-electron chi connectivity index (χ3n) is 9.53. The second kappa shape index (κ2) is 10.3. The zero-order valence-electron chi connectivity index (χ0n) is 26.0. The summed E-state index contributed by atoms with van der Waals surface area (Å²) in [5, 5.41) is 4.64. The molecule has 6 nitrogen and oxygen atoms in total. The molecular formula is C42H26N4O2S. The van der Waals surface area contributed by atoms with Crippen LogP contribution in [0.3, 0.4) is 0 Å². The van der Waals surface area contributed by atoms with Crippen LogP contribution >= 0.6 is 0 Å². The molecule has 0 saturated carbocycles. The van der Waals surface area contributed by atoms with Gasteiger partial charge in [0.1, 0.15) is 0 Å². The Balaban J connectivity index is 1.42. The lowest BCUT2D eigenvalue weighted by Crippen LogP contribution is -2.32. The fourth-order valence-electron chi connectivity index (χ4n) is 7.43. The van der Waals surface area contributed by atoms with Crippen LogP contribution < -0.4 is 4.31 Å². The second-order valence-electron chi connectivity index (χ2n) is 12.2. The summed E-state index contributed by atoms with van der Waals surface area (Å²) in [6, 6.07) is 51.7.